The summed E-state index contributed by atoms with van der Waals surface area (Å²) < 4.78 is 7.35. The fourth-order valence-corrected chi connectivity index (χ4v) is 3.82. The van der Waals surface area contributed by atoms with Gasteiger partial charge in [-0.3, -0.25) is 0 Å². The summed E-state index contributed by atoms with van der Waals surface area (Å²) in [5.41, 5.74) is 2.05. The van der Waals surface area contributed by atoms with Crippen molar-refractivity contribution in [3.05, 3.63) is 35.7 Å². The molecule has 0 aromatic carbocycles. The van der Waals surface area contributed by atoms with E-state index in [1.807, 2.05) is 16.8 Å². The van der Waals surface area contributed by atoms with Gasteiger partial charge >= 0.3 is 0 Å². The molecule has 2 fully saturated rings. The van der Waals surface area contributed by atoms with Gasteiger partial charge < -0.3 is 9.42 Å². The lowest BCUT2D eigenvalue weighted by atomic mass is 9.93. The average Bonchev–Trinajstić information content (AvgIpc) is 3.23. The lowest BCUT2D eigenvalue weighted by Gasteiger charge is -2.33. The highest BCUT2D eigenvalue weighted by molar-refractivity contribution is 5.51. The van der Waals surface area contributed by atoms with Crippen molar-refractivity contribution in [1.29, 1.82) is 0 Å². The van der Waals surface area contributed by atoms with Crippen LogP contribution in [-0.4, -0.2) is 37.8 Å². The standard InChI is InChI=1S/C19H24N6O/c1-2-15-12-18(25-17(21-15)5-8-20-25)24-9-6-13(7-10-24)11-16-22-19(26-23-16)14-3-4-14/h5,8,12-14H,2-4,6-7,9-11H2,1H3. The maximum Gasteiger partial charge on any atom is 0.229 e. The van der Waals surface area contributed by atoms with Gasteiger partial charge in [0.25, 0.3) is 0 Å². The van der Waals surface area contributed by atoms with Gasteiger partial charge in [0.05, 0.1) is 6.20 Å². The number of rotatable bonds is 5. The van der Waals surface area contributed by atoms with Crippen molar-refractivity contribution in [3.63, 3.8) is 0 Å². The van der Waals surface area contributed by atoms with Crippen molar-refractivity contribution in [2.45, 2.75) is 51.4 Å². The monoisotopic (exact) mass is 352 g/mol. The molecule has 1 aliphatic heterocycles. The second-order valence-corrected chi connectivity index (χ2v) is 7.52. The third-order valence-corrected chi connectivity index (χ3v) is 5.58. The summed E-state index contributed by atoms with van der Waals surface area (Å²) in [4.78, 5) is 11.7. The Morgan fingerprint density at radius 1 is 1.15 bits per heavy atom. The molecule has 0 unspecified atom stereocenters. The smallest absolute Gasteiger partial charge is 0.229 e. The highest BCUT2D eigenvalue weighted by atomic mass is 16.5. The molecule has 1 saturated heterocycles. The van der Waals surface area contributed by atoms with Crippen molar-refractivity contribution < 1.29 is 4.52 Å². The van der Waals surface area contributed by atoms with Crippen molar-refractivity contribution in [3.8, 4) is 0 Å². The Labute approximate surface area is 152 Å². The summed E-state index contributed by atoms with van der Waals surface area (Å²) in [6, 6.07) is 4.16. The van der Waals surface area contributed by atoms with Gasteiger partial charge in [0, 0.05) is 43.3 Å². The number of aryl methyl sites for hydroxylation is 1. The van der Waals surface area contributed by atoms with Gasteiger partial charge in [-0.15, -0.1) is 0 Å². The maximum atomic E-state index is 5.40. The van der Waals surface area contributed by atoms with E-state index < -0.39 is 0 Å². The van der Waals surface area contributed by atoms with E-state index in [-0.39, 0.29) is 0 Å². The molecule has 0 amide bonds. The normalized spacial score (nSPS) is 18.7. The molecule has 4 heterocycles. The molecule has 136 valence electrons. The summed E-state index contributed by atoms with van der Waals surface area (Å²) in [5, 5.41) is 8.64. The first-order chi connectivity index (χ1) is 12.8. The van der Waals surface area contributed by atoms with Gasteiger partial charge in [0.15, 0.2) is 11.5 Å². The number of nitrogens with zero attached hydrogens (tertiary/aromatic N) is 6. The topological polar surface area (TPSA) is 72.4 Å². The van der Waals surface area contributed by atoms with Crippen LogP contribution in [0, 0.1) is 5.92 Å². The average molecular weight is 352 g/mol. The molecule has 3 aromatic rings. The van der Waals surface area contributed by atoms with E-state index in [4.69, 9.17) is 4.52 Å². The third kappa shape index (κ3) is 2.95. The van der Waals surface area contributed by atoms with E-state index in [1.165, 1.54) is 12.8 Å². The minimum Gasteiger partial charge on any atom is -0.356 e. The summed E-state index contributed by atoms with van der Waals surface area (Å²) in [5.74, 6) is 4.05. The highest BCUT2D eigenvalue weighted by Crippen LogP contribution is 2.39. The summed E-state index contributed by atoms with van der Waals surface area (Å²) in [6.07, 6.45) is 8.37. The van der Waals surface area contributed by atoms with E-state index in [1.54, 1.807) is 0 Å². The van der Waals surface area contributed by atoms with Gasteiger partial charge in [-0.05, 0) is 38.0 Å². The first kappa shape index (κ1) is 15.8. The number of anilines is 1. The Bertz CT molecular complexity index is 904. The molecule has 7 heteroatoms. The van der Waals surface area contributed by atoms with Crippen LogP contribution < -0.4 is 4.90 Å². The van der Waals surface area contributed by atoms with E-state index in [0.717, 1.165) is 67.6 Å². The fraction of sp³-hybridized carbons (Fsp3) is 0.579. The molecule has 2 aliphatic rings. The maximum absolute atomic E-state index is 5.40. The number of aromatic nitrogens is 5. The Balaban J connectivity index is 1.27. The van der Waals surface area contributed by atoms with Crippen LogP contribution in [0.3, 0.4) is 0 Å². The molecule has 3 aromatic heterocycles. The second kappa shape index (κ2) is 6.37. The molecule has 0 radical (unpaired) electrons. The van der Waals surface area contributed by atoms with Crippen LogP contribution >= 0.6 is 0 Å². The molecule has 7 nitrogen and oxygen atoms in total. The van der Waals surface area contributed by atoms with Gasteiger partial charge in [-0.25, -0.2) is 4.98 Å². The molecular weight excluding hydrogens is 328 g/mol. The van der Waals surface area contributed by atoms with Crippen molar-refractivity contribution in [2.24, 2.45) is 5.92 Å². The van der Waals surface area contributed by atoms with Gasteiger partial charge in [0.2, 0.25) is 5.89 Å². The van der Waals surface area contributed by atoms with Gasteiger partial charge in [-0.2, -0.15) is 14.6 Å². The first-order valence-electron chi connectivity index (χ1n) is 9.71. The third-order valence-electron chi connectivity index (χ3n) is 5.58. The zero-order valence-electron chi connectivity index (χ0n) is 15.1. The molecule has 1 saturated carbocycles. The largest absolute Gasteiger partial charge is 0.356 e. The Hall–Kier alpha value is -2.44. The number of fused-ring (bicyclic) bond motifs is 1. The SMILES string of the molecule is CCc1cc(N2CCC(Cc3noc(C4CC4)n3)CC2)n2nccc2n1. The van der Waals surface area contributed by atoms with Gasteiger partial charge in [-0.1, -0.05) is 12.1 Å². The zero-order chi connectivity index (χ0) is 17.5. The number of piperidine rings is 1. The van der Waals surface area contributed by atoms with E-state index >= 15 is 0 Å². The predicted molar refractivity (Wildman–Crippen MR) is 97.3 cm³/mol. The molecule has 1 aliphatic carbocycles. The minimum absolute atomic E-state index is 0.536. The predicted octanol–water partition coefficient (Wildman–Crippen LogP) is 3.01. The van der Waals surface area contributed by atoms with Crippen LogP contribution in [0.2, 0.25) is 0 Å². The van der Waals surface area contributed by atoms with Gasteiger partial charge in [0.1, 0.15) is 5.82 Å². The Morgan fingerprint density at radius 2 is 2.00 bits per heavy atom. The van der Waals surface area contributed by atoms with Crippen LogP contribution in [0.15, 0.2) is 22.9 Å². The van der Waals surface area contributed by atoms with Crippen molar-refractivity contribution in [2.75, 3.05) is 18.0 Å². The summed E-state index contributed by atoms with van der Waals surface area (Å²) >= 11 is 0. The van der Waals surface area contributed by atoms with Crippen molar-refractivity contribution in [1.82, 2.24) is 24.7 Å². The fourth-order valence-electron chi connectivity index (χ4n) is 3.82. The molecule has 5 rings (SSSR count). The Morgan fingerprint density at radius 3 is 2.77 bits per heavy atom. The molecule has 0 atom stereocenters. The number of hydrogen-bond acceptors (Lipinski definition) is 6. The highest BCUT2D eigenvalue weighted by Gasteiger charge is 2.30. The van der Waals surface area contributed by atoms with Crippen LogP contribution in [0.4, 0.5) is 5.82 Å². The molecule has 0 spiro atoms. The summed E-state index contributed by atoms with van der Waals surface area (Å²) in [7, 11) is 0. The lowest BCUT2D eigenvalue weighted by molar-refractivity contribution is 0.358. The second-order valence-electron chi connectivity index (χ2n) is 7.52. The molecule has 0 bridgehead atoms. The van der Waals surface area contributed by atoms with Crippen LogP contribution in [-0.2, 0) is 12.8 Å². The van der Waals surface area contributed by atoms with E-state index in [0.29, 0.717) is 11.8 Å². The lowest BCUT2D eigenvalue weighted by Crippen LogP contribution is -2.35. The zero-order valence-corrected chi connectivity index (χ0v) is 15.1. The molecule has 0 N–H and O–H groups in total. The molecular formula is C19H24N6O. The minimum atomic E-state index is 0.536. The van der Waals surface area contributed by atoms with E-state index in [9.17, 15) is 0 Å². The van der Waals surface area contributed by atoms with Crippen LogP contribution in [0.1, 0.15) is 55.9 Å². The molecule has 26 heavy (non-hydrogen) atoms. The summed E-state index contributed by atoms with van der Waals surface area (Å²) in [6.45, 7) is 4.20. The van der Waals surface area contributed by atoms with Crippen molar-refractivity contribution >= 4 is 11.5 Å². The Kier molecular flexibility index (Phi) is 3.87. The van der Waals surface area contributed by atoms with Crippen LogP contribution in [0.5, 0.6) is 0 Å². The first-order valence-corrected chi connectivity index (χ1v) is 9.71. The quantitative estimate of drug-likeness (QED) is 0.703. The number of hydrogen-bond donors (Lipinski definition) is 0. The van der Waals surface area contributed by atoms with E-state index in [2.05, 4.69) is 38.1 Å². The van der Waals surface area contributed by atoms with Crippen LogP contribution in [0.25, 0.3) is 5.65 Å².